The van der Waals surface area contributed by atoms with Gasteiger partial charge in [0.25, 0.3) is 0 Å². The van der Waals surface area contributed by atoms with Crippen molar-refractivity contribution in [3.8, 4) is 0 Å². The van der Waals surface area contributed by atoms with E-state index >= 15 is 0 Å². The zero-order valence-electron chi connectivity index (χ0n) is 21.6. The van der Waals surface area contributed by atoms with Gasteiger partial charge in [0.1, 0.15) is 0 Å². The van der Waals surface area contributed by atoms with Gasteiger partial charge in [0.2, 0.25) is 0 Å². The van der Waals surface area contributed by atoms with Crippen LogP contribution in [0, 0.1) is 0 Å². The summed E-state index contributed by atoms with van der Waals surface area (Å²) in [6.45, 7) is 3.16. The van der Waals surface area contributed by atoms with E-state index in [1.807, 2.05) is 36.2 Å². The Balaban J connectivity index is 1.79. The Morgan fingerprint density at radius 1 is 0.892 bits per heavy atom. The Hall–Kier alpha value is -3.68. The number of carbonyl (C=O) groups is 2. The fraction of sp³-hybridized carbons (Fsp3) is 0.333. The van der Waals surface area contributed by atoms with Gasteiger partial charge in [-0.1, -0.05) is 48.5 Å². The molecule has 2 aromatic carbocycles. The average molecular weight is 503 g/mol. The molecule has 4 rings (SSSR count). The van der Waals surface area contributed by atoms with Crippen LogP contribution in [-0.4, -0.2) is 61.2 Å². The van der Waals surface area contributed by atoms with Crippen LogP contribution in [0.4, 0.5) is 0 Å². The van der Waals surface area contributed by atoms with Crippen molar-refractivity contribution in [3.63, 3.8) is 0 Å². The maximum Gasteiger partial charge on any atom is 0.340 e. The molecule has 37 heavy (non-hydrogen) atoms. The molecule has 1 atom stereocenters. The molecule has 2 aliphatic rings. The van der Waals surface area contributed by atoms with Crippen LogP contribution >= 0.6 is 0 Å². The highest BCUT2D eigenvalue weighted by Crippen LogP contribution is 2.33. The number of hydrogen-bond donors (Lipinski definition) is 1. The number of aliphatic hydroxyl groups is 1. The van der Waals surface area contributed by atoms with Crippen LogP contribution in [0.15, 0.2) is 78.0 Å². The Labute approximate surface area is 218 Å². The number of aliphatic hydroxyl groups excluding tert-OH is 1. The largest absolute Gasteiger partial charge is 0.465 e. The first-order valence-corrected chi connectivity index (χ1v) is 12.5. The van der Waals surface area contributed by atoms with Crippen LogP contribution < -0.4 is 0 Å². The van der Waals surface area contributed by atoms with Gasteiger partial charge >= 0.3 is 11.9 Å². The van der Waals surface area contributed by atoms with Crippen molar-refractivity contribution in [1.29, 1.82) is 0 Å². The number of nitrogens with zero attached hydrogens (tertiary/aromatic N) is 2. The topological polar surface area (TPSA) is 79.3 Å². The molecular formula is C30H34N2O5. The summed E-state index contributed by atoms with van der Waals surface area (Å²) in [5.74, 6) is -1.26. The van der Waals surface area contributed by atoms with Crippen LogP contribution in [0.25, 0.3) is 5.57 Å². The second-order valence-electron chi connectivity index (χ2n) is 9.40. The predicted molar refractivity (Wildman–Crippen MR) is 142 cm³/mol. The molecule has 0 radical (unpaired) electrons. The van der Waals surface area contributed by atoms with E-state index in [-0.39, 0.29) is 23.8 Å². The Morgan fingerprint density at radius 2 is 1.49 bits per heavy atom. The molecule has 1 saturated heterocycles. The highest BCUT2D eigenvalue weighted by Gasteiger charge is 2.27. The lowest BCUT2D eigenvalue weighted by atomic mass is 9.92. The van der Waals surface area contributed by atoms with E-state index in [1.165, 1.54) is 32.6 Å². The molecule has 0 saturated carbocycles. The van der Waals surface area contributed by atoms with Gasteiger partial charge in [-0.05, 0) is 65.9 Å². The van der Waals surface area contributed by atoms with Crippen LogP contribution in [-0.2, 0) is 32.2 Å². The first-order valence-electron chi connectivity index (χ1n) is 12.5. The molecule has 1 N–H and O–H groups in total. The highest BCUT2D eigenvalue weighted by molar-refractivity contribution is 6.08. The Kier molecular flexibility index (Phi) is 8.58. The SMILES string of the molecule is COC(=O)C1=CC(c2ccc(CO)cc2)=CC(c2ccc(CN3CCCC3)cc2)N(C)C=C1C(=O)OC. The van der Waals surface area contributed by atoms with Gasteiger partial charge in [0, 0.05) is 19.8 Å². The molecule has 7 heteroatoms. The minimum Gasteiger partial charge on any atom is -0.465 e. The number of carbonyl (C=O) groups excluding carboxylic acids is 2. The normalized spacial score (nSPS) is 18.3. The summed E-state index contributed by atoms with van der Waals surface area (Å²) in [5.41, 5.74) is 4.91. The molecule has 2 heterocycles. The monoisotopic (exact) mass is 502 g/mol. The second-order valence-corrected chi connectivity index (χ2v) is 9.40. The number of benzene rings is 2. The minimum atomic E-state index is -0.632. The third-order valence-corrected chi connectivity index (χ3v) is 6.91. The van der Waals surface area contributed by atoms with E-state index in [0.717, 1.165) is 41.9 Å². The molecule has 7 nitrogen and oxygen atoms in total. The molecule has 1 fully saturated rings. The van der Waals surface area contributed by atoms with Crippen LogP contribution in [0.3, 0.4) is 0 Å². The standard InChI is InChI=1S/C30H34N2O5/c1-31-19-27(30(35)37-3)26(29(34)36-2)16-25(23-10-8-22(20-33)9-11-23)17-28(31)24-12-6-21(7-13-24)18-32-14-4-5-15-32/h6-13,16-17,19,28,33H,4-5,14-15,18,20H2,1-3H3. The minimum absolute atomic E-state index is 0.0626. The van der Waals surface area contributed by atoms with Crippen molar-refractivity contribution >= 4 is 17.5 Å². The number of hydrogen-bond acceptors (Lipinski definition) is 7. The maximum atomic E-state index is 12.8. The molecule has 2 aliphatic heterocycles. The Morgan fingerprint density at radius 3 is 2.08 bits per heavy atom. The van der Waals surface area contributed by atoms with E-state index in [0.29, 0.717) is 0 Å². The Bertz CT molecular complexity index is 1210. The lowest BCUT2D eigenvalue weighted by molar-refractivity contribution is -0.139. The summed E-state index contributed by atoms with van der Waals surface area (Å²) in [6, 6.07) is 15.8. The van der Waals surface area contributed by atoms with Gasteiger partial charge in [0.15, 0.2) is 0 Å². The molecule has 2 aromatic rings. The lowest BCUT2D eigenvalue weighted by Gasteiger charge is -2.29. The van der Waals surface area contributed by atoms with Gasteiger partial charge in [-0.3, -0.25) is 4.90 Å². The van der Waals surface area contributed by atoms with Crippen LogP contribution in [0.5, 0.6) is 0 Å². The highest BCUT2D eigenvalue weighted by atomic mass is 16.5. The van der Waals surface area contributed by atoms with Crippen molar-refractivity contribution in [1.82, 2.24) is 9.80 Å². The molecule has 1 unspecified atom stereocenters. The van der Waals surface area contributed by atoms with Crippen LogP contribution in [0.2, 0.25) is 0 Å². The molecular weight excluding hydrogens is 468 g/mol. The number of ether oxygens (including phenoxy) is 2. The summed E-state index contributed by atoms with van der Waals surface area (Å²) in [5, 5.41) is 9.47. The average Bonchev–Trinajstić information content (AvgIpc) is 3.44. The molecule has 0 aliphatic carbocycles. The van der Waals surface area contributed by atoms with Gasteiger partial charge in [-0.15, -0.1) is 0 Å². The number of allylic oxidation sites excluding steroid dienone is 2. The maximum absolute atomic E-state index is 12.8. The summed E-state index contributed by atoms with van der Waals surface area (Å²) in [6.07, 6.45) is 7.89. The summed E-state index contributed by atoms with van der Waals surface area (Å²) in [7, 11) is 4.44. The molecule has 0 spiro atoms. The van der Waals surface area contributed by atoms with E-state index in [4.69, 9.17) is 9.47 Å². The summed E-state index contributed by atoms with van der Waals surface area (Å²) < 4.78 is 10.0. The van der Waals surface area contributed by atoms with Gasteiger partial charge in [-0.2, -0.15) is 0 Å². The third-order valence-electron chi connectivity index (χ3n) is 6.91. The van der Waals surface area contributed by atoms with Crippen molar-refractivity contribution < 1.29 is 24.2 Å². The van der Waals surface area contributed by atoms with Gasteiger partial charge < -0.3 is 19.5 Å². The number of rotatable bonds is 7. The van der Waals surface area contributed by atoms with E-state index in [2.05, 4.69) is 35.2 Å². The van der Waals surface area contributed by atoms with E-state index in [9.17, 15) is 14.7 Å². The second kappa shape index (κ2) is 12.0. The number of likely N-dealkylation sites (tertiary alicyclic amines) is 1. The first kappa shape index (κ1) is 26.4. The lowest BCUT2D eigenvalue weighted by Crippen LogP contribution is -2.24. The van der Waals surface area contributed by atoms with E-state index < -0.39 is 11.9 Å². The smallest absolute Gasteiger partial charge is 0.340 e. The molecule has 194 valence electrons. The first-order chi connectivity index (χ1) is 17.9. The van der Waals surface area contributed by atoms with Gasteiger partial charge in [-0.25, -0.2) is 9.59 Å². The molecule has 0 bridgehead atoms. The zero-order chi connectivity index (χ0) is 26.4. The fourth-order valence-electron chi connectivity index (χ4n) is 4.81. The zero-order valence-corrected chi connectivity index (χ0v) is 21.6. The number of methoxy groups -OCH3 is 2. The van der Waals surface area contributed by atoms with Crippen LogP contribution in [0.1, 0.15) is 41.1 Å². The van der Waals surface area contributed by atoms with Crippen molar-refractivity contribution in [3.05, 3.63) is 100 Å². The fourth-order valence-corrected chi connectivity index (χ4v) is 4.81. The van der Waals surface area contributed by atoms with Crippen molar-refractivity contribution in [2.24, 2.45) is 0 Å². The summed E-state index contributed by atoms with van der Waals surface area (Å²) >= 11 is 0. The third kappa shape index (κ3) is 6.18. The number of likely N-dealkylation sites (N-methyl/N-ethyl adjacent to an activating group) is 1. The van der Waals surface area contributed by atoms with Gasteiger partial charge in [0.05, 0.1) is 38.0 Å². The number of esters is 2. The van der Waals surface area contributed by atoms with E-state index in [1.54, 1.807) is 12.3 Å². The molecule has 0 amide bonds. The quantitative estimate of drug-likeness (QED) is 0.574. The predicted octanol–water partition coefficient (Wildman–Crippen LogP) is 4.00. The summed E-state index contributed by atoms with van der Waals surface area (Å²) in [4.78, 5) is 29.9. The van der Waals surface area contributed by atoms with Crippen molar-refractivity contribution in [2.45, 2.75) is 32.0 Å². The molecule has 0 aromatic heterocycles. The van der Waals surface area contributed by atoms with Crippen molar-refractivity contribution in [2.75, 3.05) is 34.4 Å².